The molecular formula is C19H26N4O2. The molecule has 134 valence electrons. The zero-order valence-corrected chi connectivity index (χ0v) is 15.2. The molecule has 0 spiro atoms. The summed E-state index contributed by atoms with van der Waals surface area (Å²) >= 11 is 0. The monoisotopic (exact) mass is 342 g/mol. The van der Waals surface area contributed by atoms with Gasteiger partial charge in [-0.3, -0.25) is 9.59 Å². The normalized spacial score (nSPS) is 18.1. The Morgan fingerprint density at radius 2 is 2.16 bits per heavy atom. The number of aryl methyl sites for hydroxylation is 1. The van der Waals surface area contributed by atoms with Crippen molar-refractivity contribution in [3.63, 3.8) is 0 Å². The van der Waals surface area contributed by atoms with E-state index < -0.39 is 0 Å². The third-order valence-corrected chi connectivity index (χ3v) is 4.82. The van der Waals surface area contributed by atoms with Crippen LogP contribution >= 0.6 is 0 Å². The van der Waals surface area contributed by atoms with E-state index in [1.54, 1.807) is 11.0 Å². The van der Waals surface area contributed by atoms with Gasteiger partial charge in [0.15, 0.2) is 0 Å². The topological polar surface area (TPSA) is 92.1 Å². The van der Waals surface area contributed by atoms with E-state index in [-0.39, 0.29) is 23.3 Å². The molecule has 6 nitrogen and oxygen atoms in total. The molecule has 1 aromatic rings. The number of amides is 2. The van der Waals surface area contributed by atoms with Crippen LogP contribution in [-0.2, 0) is 16.1 Å². The Balaban J connectivity index is 2.26. The van der Waals surface area contributed by atoms with Crippen LogP contribution in [0.2, 0.25) is 0 Å². The van der Waals surface area contributed by atoms with Gasteiger partial charge in [0.2, 0.25) is 5.91 Å². The molecule has 2 rings (SSSR count). The zero-order chi connectivity index (χ0) is 18.6. The van der Waals surface area contributed by atoms with Crippen LogP contribution in [0.4, 0.5) is 0 Å². The van der Waals surface area contributed by atoms with E-state index in [1.807, 2.05) is 26.0 Å². The van der Waals surface area contributed by atoms with Gasteiger partial charge in [0.25, 0.3) is 5.91 Å². The number of hydrogen-bond acceptors (Lipinski definition) is 3. The van der Waals surface area contributed by atoms with Crippen molar-refractivity contribution in [1.82, 2.24) is 9.47 Å². The van der Waals surface area contributed by atoms with Crippen LogP contribution in [0, 0.1) is 31.1 Å². The lowest BCUT2D eigenvalue weighted by Crippen LogP contribution is -2.44. The molecule has 6 heteroatoms. The Labute approximate surface area is 148 Å². The summed E-state index contributed by atoms with van der Waals surface area (Å²) in [6.45, 7) is 7.89. The fourth-order valence-electron chi connectivity index (χ4n) is 3.40. The minimum Gasteiger partial charge on any atom is -0.369 e. The summed E-state index contributed by atoms with van der Waals surface area (Å²) in [6.07, 6.45) is 4.10. The molecule has 1 fully saturated rings. The van der Waals surface area contributed by atoms with E-state index in [1.165, 1.54) is 0 Å². The number of nitriles is 1. The van der Waals surface area contributed by atoms with Crippen molar-refractivity contribution in [2.45, 2.75) is 46.6 Å². The molecule has 1 saturated heterocycles. The lowest BCUT2D eigenvalue weighted by Gasteiger charge is -2.31. The quantitative estimate of drug-likeness (QED) is 0.656. The number of aromatic nitrogens is 1. The molecule has 1 aliphatic rings. The first-order valence-corrected chi connectivity index (χ1v) is 8.76. The summed E-state index contributed by atoms with van der Waals surface area (Å²) < 4.78 is 2.19. The first-order valence-electron chi connectivity index (χ1n) is 8.76. The highest BCUT2D eigenvalue weighted by atomic mass is 16.2. The number of likely N-dealkylation sites (tertiary alicyclic amines) is 1. The van der Waals surface area contributed by atoms with Crippen LogP contribution < -0.4 is 5.73 Å². The minimum atomic E-state index is -0.386. The maximum Gasteiger partial charge on any atom is 0.264 e. The second kappa shape index (κ2) is 8.02. The van der Waals surface area contributed by atoms with Gasteiger partial charge in [-0.2, -0.15) is 5.26 Å². The van der Waals surface area contributed by atoms with E-state index in [4.69, 9.17) is 5.73 Å². The summed E-state index contributed by atoms with van der Waals surface area (Å²) in [4.78, 5) is 25.7. The highest BCUT2D eigenvalue weighted by molar-refractivity contribution is 6.02. The van der Waals surface area contributed by atoms with Gasteiger partial charge in [-0.1, -0.05) is 6.92 Å². The van der Waals surface area contributed by atoms with E-state index in [9.17, 15) is 14.9 Å². The predicted octanol–water partition coefficient (Wildman–Crippen LogP) is 2.15. The SMILES string of the molecule is CCCn1c(C)cc(/C=C(\C#N)C(=O)N2CCCC(C(N)=O)C2)c1C. The average molecular weight is 342 g/mol. The van der Waals surface area contributed by atoms with E-state index in [0.29, 0.717) is 19.5 Å². The molecule has 2 N–H and O–H groups in total. The number of nitrogens with two attached hydrogens (primary N) is 1. The van der Waals surface area contributed by atoms with Gasteiger partial charge in [-0.05, 0) is 50.8 Å². The smallest absolute Gasteiger partial charge is 0.264 e. The van der Waals surface area contributed by atoms with Crippen molar-refractivity contribution in [3.05, 3.63) is 28.6 Å². The van der Waals surface area contributed by atoms with Gasteiger partial charge in [0, 0.05) is 31.0 Å². The molecular weight excluding hydrogens is 316 g/mol. The Morgan fingerprint density at radius 1 is 1.44 bits per heavy atom. The lowest BCUT2D eigenvalue weighted by atomic mass is 9.97. The molecule has 0 radical (unpaired) electrons. The van der Waals surface area contributed by atoms with E-state index in [2.05, 4.69) is 11.5 Å². The third-order valence-electron chi connectivity index (χ3n) is 4.82. The van der Waals surface area contributed by atoms with Crippen molar-refractivity contribution in [2.75, 3.05) is 13.1 Å². The lowest BCUT2D eigenvalue weighted by molar-refractivity contribution is -0.131. The highest BCUT2D eigenvalue weighted by Crippen LogP contribution is 2.21. The maximum absolute atomic E-state index is 12.7. The molecule has 2 heterocycles. The zero-order valence-electron chi connectivity index (χ0n) is 15.2. The molecule has 0 saturated carbocycles. The highest BCUT2D eigenvalue weighted by Gasteiger charge is 2.28. The average Bonchev–Trinajstić information content (AvgIpc) is 2.87. The summed E-state index contributed by atoms with van der Waals surface area (Å²) in [5, 5.41) is 9.47. The van der Waals surface area contributed by atoms with Crippen LogP contribution in [0.25, 0.3) is 6.08 Å². The summed E-state index contributed by atoms with van der Waals surface area (Å²) in [6, 6.07) is 4.02. The summed E-state index contributed by atoms with van der Waals surface area (Å²) in [7, 11) is 0. The van der Waals surface area contributed by atoms with Crippen molar-refractivity contribution < 1.29 is 9.59 Å². The Hall–Kier alpha value is -2.55. The predicted molar refractivity (Wildman–Crippen MR) is 96.3 cm³/mol. The summed E-state index contributed by atoms with van der Waals surface area (Å²) in [5.41, 5.74) is 8.52. The van der Waals surface area contributed by atoms with Crippen LogP contribution in [0.1, 0.15) is 43.1 Å². The Kier molecular flexibility index (Phi) is 6.02. The number of carbonyl (C=O) groups is 2. The van der Waals surface area contributed by atoms with E-state index >= 15 is 0 Å². The molecule has 25 heavy (non-hydrogen) atoms. The molecule has 2 amide bonds. The number of hydrogen-bond donors (Lipinski definition) is 1. The first kappa shape index (κ1) is 18.8. The first-order chi connectivity index (χ1) is 11.9. The van der Waals surface area contributed by atoms with Crippen LogP contribution in [-0.4, -0.2) is 34.4 Å². The largest absolute Gasteiger partial charge is 0.369 e. The number of nitrogens with zero attached hydrogens (tertiary/aromatic N) is 3. The summed E-state index contributed by atoms with van der Waals surface area (Å²) in [5.74, 6) is -1.04. The fraction of sp³-hybridized carbons (Fsp3) is 0.526. The van der Waals surface area contributed by atoms with Crippen LogP contribution in [0.5, 0.6) is 0 Å². The van der Waals surface area contributed by atoms with Crippen molar-refractivity contribution in [3.8, 4) is 6.07 Å². The second-order valence-electron chi connectivity index (χ2n) is 6.64. The molecule has 1 unspecified atom stereocenters. The molecule has 1 aromatic heterocycles. The second-order valence-corrected chi connectivity index (χ2v) is 6.64. The molecule has 1 aliphatic heterocycles. The number of primary amides is 1. The molecule has 0 aliphatic carbocycles. The van der Waals surface area contributed by atoms with Gasteiger partial charge < -0.3 is 15.2 Å². The number of carbonyl (C=O) groups excluding carboxylic acids is 2. The Bertz CT molecular complexity index is 739. The fourth-order valence-corrected chi connectivity index (χ4v) is 3.40. The van der Waals surface area contributed by atoms with Crippen molar-refractivity contribution >= 4 is 17.9 Å². The molecule has 1 atom stereocenters. The van der Waals surface area contributed by atoms with Gasteiger partial charge in [-0.15, -0.1) is 0 Å². The maximum atomic E-state index is 12.7. The Morgan fingerprint density at radius 3 is 2.76 bits per heavy atom. The van der Waals surface area contributed by atoms with Gasteiger partial charge >= 0.3 is 0 Å². The minimum absolute atomic E-state index is 0.0990. The third kappa shape index (κ3) is 4.11. The van der Waals surface area contributed by atoms with Crippen molar-refractivity contribution in [2.24, 2.45) is 11.7 Å². The molecule has 0 bridgehead atoms. The van der Waals surface area contributed by atoms with Crippen LogP contribution in [0.3, 0.4) is 0 Å². The van der Waals surface area contributed by atoms with Gasteiger partial charge in [0.1, 0.15) is 11.6 Å². The van der Waals surface area contributed by atoms with Crippen molar-refractivity contribution in [1.29, 1.82) is 5.26 Å². The number of rotatable bonds is 5. The van der Waals surface area contributed by atoms with E-state index in [0.717, 1.165) is 36.3 Å². The van der Waals surface area contributed by atoms with Gasteiger partial charge in [0.05, 0.1) is 5.92 Å². The standard InChI is InChI=1S/C19H26N4O2/c1-4-7-23-13(2)9-16(14(23)3)10-17(11-20)19(25)22-8-5-6-15(12-22)18(21)24/h9-10,15H,4-8,12H2,1-3H3,(H2,21,24)/b17-10+. The van der Waals surface area contributed by atoms with Gasteiger partial charge in [-0.25, -0.2) is 0 Å². The molecule has 0 aromatic carbocycles. The number of piperidine rings is 1. The van der Waals surface area contributed by atoms with Crippen LogP contribution in [0.15, 0.2) is 11.6 Å².